The molecule has 2 aromatic rings. The molecule has 3 nitrogen and oxygen atoms in total. The minimum absolute atomic E-state index is 0.292. The molecule has 0 bridgehead atoms. The molecule has 23 heavy (non-hydrogen) atoms. The molecule has 0 radical (unpaired) electrons. The van der Waals surface area contributed by atoms with Gasteiger partial charge in [0.25, 0.3) is 0 Å². The van der Waals surface area contributed by atoms with Crippen LogP contribution >= 0.6 is 0 Å². The second kappa shape index (κ2) is 7.99. The van der Waals surface area contributed by atoms with Gasteiger partial charge in [-0.3, -0.25) is 0 Å². The van der Waals surface area contributed by atoms with Gasteiger partial charge < -0.3 is 9.84 Å². The standard InChI is InChI=1S/C20H20O3/c1-15(2)13-14-23-19-11-7-17(8-12-19)4-3-16-5-9-18(10-6-16)20(21)22/h3-13H,14H2,1-2H3,(H,21,22)/b4-3+. The lowest BCUT2D eigenvalue weighted by atomic mass is 10.1. The molecular weight excluding hydrogens is 288 g/mol. The van der Waals surface area contributed by atoms with E-state index < -0.39 is 5.97 Å². The van der Waals surface area contributed by atoms with Gasteiger partial charge >= 0.3 is 5.97 Å². The molecule has 0 saturated carbocycles. The van der Waals surface area contributed by atoms with E-state index in [0.29, 0.717) is 12.2 Å². The minimum Gasteiger partial charge on any atom is -0.490 e. The number of hydrogen-bond acceptors (Lipinski definition) is 2. The lowest BCUT2D eigenvalue weighted by molar-refractivity contribution is 0.0697. The van der Waals surface area contributed by atoms with Crippen LogP contribution in [0.5, 0.6) is 5.75 Å². The highest BCUT2D eigenvalue weighted by molar-refractivity contribution is 5.88. The molecule has 2 rings (SSSR count). The fraction of sp³-hybridized carbons (Fsp3) is 0.150. The first-order valence-electron chi connectivity index (χ1n) is 7.42. The van der Waals surface area contributed by atoms with Crippen LogP contribution in [0.25, 0.3) is 12.2 Å². The number of allylic oxidation sites excluding steroid dienone is 1. The van der Waals surface area contributed by atoms with Crippen molar-refractivity contribution in [2.24, 2.45) is 0 Å². The van der Waals surface area contributed by atoms with Crippen molar-refractivity contribution in [3.8, 4) is 5.75 Å². The summed E-state index contributed by atoms with van der Waals surface area (Å²) < 4.78 is 5.61. The number of hydrogen-bond donors (Lipinski definition) is 1. The fourth-order valence-corrected chi connectivity index (χ4v) is 1.91. The molecule has 1 N–H and O–H groups in total. The van der Waals surface area contributed by atoms with E-state index in [0.717, 1.165) is 16.9 Å². The van der Waals surface area contributed by atoms with Crippen molar-refractivity contribution in [2.75, 3.05) is 6.61 Å². The summed E-state index contributed by atoms with van der Waals surface area (Å²) in [7, 11) is 0. The van der Waals surface area contributed by atoms with Gasteiger partial charge in [-0.25, -0.2) is 4.79 Å². The van der Waals surface area contributed by atoms with Gasteiger partial charge in [0, 0.05) is 0 Å². The SMILES string of the molecule is CC(C)=CCOc1ccc(/C=C/c2ccc(C(=O)O)cc2)cc1. The van der Waals surface area contributed by atoms with Gasteiger partial charge in [-0.15, -0.1) is 0 Å². The van der Waals surface area contributed by atoms with E-state index in [1.807, 2.05) is 56.3 Å². The topological polar surface area (TPSA) is 46.5 Å². The first kappa shape index (κ1) is 16.6. The van der Waals surface area contributed by atoms with Crippen molar-refractivity contribution >= 4 is 18.1 Å². The minimum atomic E-state index is -0.913. The Balaban J connectivity index is 1.97. The average molecular weight is 308 g/mol. The van der Waals surface area contributed by atoms with Crippen molar-refractivity contribution in [1.29, 1.82) is 0 Å². The molecule has 0 heterocycles. The van der Waals surface area contributed by atoms with Gasteiger partial charge in [0.2, 0.25) is 0 Å². The molecule has 0 fully saturated rings. The number of carboxylic acids is 1. The molecule has 0 amide bonds. The van der Waals surface area contributed by atoms with E-state index in [9.17, 15) is 4.79 Å². The summed E-state index contributed by atoms with van der Waals surface area (Å²) in [5, 5.41) is 8.87. The van der Waals surface area contributed by atoms with E-state index in [-0.39, 0.29) is 0 Å². The summed E-state index contributed by atoms with van der Waals surface area (Å²) in [6.45, 7) is 4.66. The summed E-state index contributed by atoms with van der Waals surface area (Å²) >= 11 is 0. The summed E-state index contributed by atoms with van der Waals surface area (Å²) in [5.41, 5.74) is 3.54. The number of benzene rings is 2. The van der Waals surface area contributed by atoms with Crippen LogP contribution in [0, 0.1) is 0 Å². The van der Waals surface area contributed by atoms with Crippen molar-refractivity contribution in [2.45, 2.75) is 13.8 Å². The third-order valence-corrected chi connectivity index (χ3v) is 3.25. The van der Waals surface area contributed by atoms with Crippen LogP contribution in [0.15, 0.2) is 60.2 Å². The smallest absolute Gasteiger partial charge is 0.335 e. The molecule has 2 aromatic carbocycles. The van der Waals surface area contributed by atoms with Crippen LogP contribution in [0.3, 0.4) is 0 Å². The van der Waals surface area contributed by atoms with E-state index in [1.165, 1.54) is 5.57 Å². The molecule has 0 spiro atoms. The fourth-order valence-electron chi connectivity index (χ4n) is 1.91. The molecule has 0 aliphatic heterocycles. The number of ether oxygens (including phenoxy) is 1. The lowest BCUT2D eigenvalue weighted by Gasteiger charge is -2.03. The average Bonchev–Trinajstić information content (AvgIpc) is 2.54. The summed E-state index contributed by atoms with van der Waals surface area (Å²) in [6.07, 6.45) is 5.97. The number of carbonyl (C=O) groups is 1. The van der Waals surface area contributed by atoms with Gasteiger partial charge in [-0.2, -0.15) is 0 Å². The summed E-state index contributed by atoms with van der Waals surface area (Å²) in [4.78, 5) is 10.8. The van der Waals surface area contributed by atoms with Gasteiger partial charge in [-0.05, 0) is 55.3 Å². The first-order chi connectivity index (χ1) is 11.0. The Morgan fingerprint density at radius 2 is 1.48 bits per heavy atom. The lowest BCUT2D eigenvalue weighted by Crippen LogP contribution is -1.94. The highest BCUT2D eigenvalue weighted by Crippen LogP contribution is 2.15. The molecule has 0 atom stereocenters. The van der Waals surface area contributed by atoms with E-state index in [1.54, 1.807) is 24.3 Å². The van der Waals surface area contributed by atoms with E-state index in [2.05, 4.69) is 0 Å². The quantitative estimate of drug-likeness (QED) is 0.610. The van der Waals surface area contributed by atoms with Crippen molar-refractivity contribution in [3.05, 3.63) is 76.9 Å². The Morgan fingerprint density at radius 1 is 0.957 bits per heavy atom. The first-order valence-corrected chi connectivity index (χ1v) is 7.42. The predicted octanol–water partition coefficient (Wildman–Crippen LogP) is 4.90. The van der Waals surface area contributed by atoms with E-state index in [4.69, 9.17) is 9.84 Å². The molecule has 0 unspecified atom stereocenters. The zero-order chi connectivity index (χ0) is 16.7. The third kappa shape index (κ3) is 5.47. The number of aromatic carboxylic acids is 1. The molecular formula is C20H20O3. The monoisotopic (exact) mass is 308 g/mol. The Bertz CT molecular complexity index is 704. The van der Waals surface area contributed by atoms with Crippen LogP contribution in [-0.2, 0) is 0 Å². The maximum Gasteiger partial charge on any atom is 0.335 e. The van der Waals surface area contributed by atoms with E-state index >= 15 is 0 Å². The zero-order valence-electron chi connectivity index (χ0n) is 13.3. The zero-order valence-corrected chi connectivity index (χ0v) is 13.3. The second-order valence-corrected chi connectivity index (χ2v) is 5.42. The van der Waals surface area contributed by atoms with Crippen LogP contribution in [-0.4, -0.2) is 17.7 Å². The largest absolute Gasteiger partial charge is 0.490 e. The van der Waals surface area contributed by atoms with Gasteiger partial charge in [0.1, 0.15) is 12.4 Å². The molecule has 3 heteroatoms. The van der Waals surface area contributed by atoms with Crippen LogP contribution in [0.1, 0.15) is 35.3 Å². The maximum atomic E-state index is 10.8. The predicted molar refractivity (Wildman–Crippen MR) is 93.7 cm³/mol. The van der Waals surface area contributed by atoms with Crippen molar-refractivity contribution in [1.82, 2.24) is 0 Å². The van der Waals surface area contributed by atoms with Gasteiger partial charge in [-0.1, -0.05) is 42.0 Å². The van der Waals surface area contributed by atoms with Crippen molar-refractivity contribution in [3.63, 3.8) is 0 Å². The Kier molecular flexibility index (Phi) is 5.75. The molecule has 0 aliphatic rings. The van der Waals surface area contributed by atoms with Crippen molar-refractivity contribution < 1.29 is 14.6 Å². The molecule has 118 valence electrons. The highest BCUT2D eigenvalue weighted by atomic mass is 16.5. The molecule has 0 aliphatic carbocycles. The van der Waals surface area contributed by atoms with Gasteiger partial charge in [0.15, 0.2) is 0 Å². The number of carboxylic acid groups (broad SMARTS) is 1. The number of rotatable bonds is 6. The maximum absolute atomic E-state index is 10.8. The molecule has 0 aromatic heterocycles. The second-order valence-electron chi connectivity index (χ2n) is 5.42. The summed E-state index contributed by atoms with van der Waals surface area (Å²) in [5.74, 6) is -0.0744. The highest BCUT2D eigenvalue weighted by Gasteiger charge is 2.00. The Morgan fingerprint density at radius 3 is 1.96 bits per heavy atom. The Labute approximate surface area is 136 Å². The van der Waals surface area contributed by atoms with Crippen LogP contribution in [0.2, 0.25) is 0 Å². The third-order valence-electron chi connectivity index (χ3n) is 3.25. The molecule has 0 saturated heterocycles. The normalized spacial score (nSPS) is 10.5. The van der Waals surface area contributed by atoms with Crippen LogP contribution < -0.4 is 4.74 Å². The Hall–Kier alpha value is -2.81. The summed E-state index contributed by atoms with van der Waals surface area (Å²) in [6, 6.07) is 14.6. The van der Waals surface area contributed by atoms with Gasteiger partial charge in [0.05, 0.1) is 5.56 Å². The van der Waals surface area contributed by atoms with Crippen LogP contribution in [0.4, 0.5) is 0 Å².